The van der Waals surface area contributed by atoms with E-state index in [0.717, 1.165) is 36.9 Å². The summed E-state index contributed by atoms with van der Waals surface area (Å²) in [5.74, 6) is 0.911. The highest BCUT2D eigenvalue weighted by Crippen LogP contribution is 2.29. The lowest BCUT2D eigenvalue weighted by molar-refractivity contribution is 0.0731. The first-order valence-corrected chi connectivity index (χ1v) is 11.8. The molecule has 160 valence electrons. The van der Waals surface area contributed by atoms with Crippen molar-refractivity contribution in [3.8, 4) is 0 Å². The summed E-state index contributed by atoms with van der Waals surface area (Å²) in [7, 11) is -3.42. The molecule has 0 amide bonds. The summed E-state index contributed by atoms with van der Waals surface area (Å²) >= 11 is 1.31. The van der Waals surface area contributed by atoms with E-state index in [-0.39, 0.29) is 24.0 Å². The number of rotatable bonds is 5. The molecule has 0 radical (unpaired) electrons. The van der Waals surface area contributed by atoms with Gasteiger partial charge in [0.05, 0.1) is 19.8 Å². The lowest BCUT2D eigenvalue weighted by atomic mass is 9.93. The Morgan fingerprint density at radius 3 is 2.61 bits per heavy atom. The van der Waals surface area contributed by atoms with Crippen LogP contribution in [0.3, 0.4) is 0 Å². The normalized spacial score (nSPS) is 20.8. The SMILES string of the molecule is CCNC(=NCc1ccc(S(=O)(=O)N2CCOCC2)s1)N1CCC(C)(C)C1.I. The summed E-state index contributed by atoms with van der Waals surface area (Å²) in [6.45, 7) is 11.7. The van der Waals surface area contributed by atoms with Crippen molar-refractivity contribution in [1.82, 2.24) is 14.5 Å². The number of nitrogens with zero attached hydrogens (tertiary/aromatic N) is 3. The van der Waals surface area contributed by atoms with E-state index < -0.39 is 10.0 Å². The standard InChI is InChI=1S/C18H30N4O3S2.HI/c1-4-19-17(21-8-7-18(2,3)14-21)20-13-15-5-6-16(26-15)27(23,24)22-9-11-25-12-10-22;/h5-6H,4,7-14H2,1-3H3,(H,19,20);1H. The number of nitrogens with one attached hydrogen (secondary N) is 1. The van der Waals surface area contributed by atoms with E-state index in [2.05, 4.69) is 31.0 Å². The van der Waals surface area contributed by atoms with Gasteiger partial charge in [0, 0.05) is 37.6 Å². The number of thiophene rings is 1. The number of halogens is 1. The quantitative estimate of drug-likeness (QED) is 0.352. The Labute approximate surface area is 189 Å². The molecular formula is C18H31IN4O3S2. The van der Waals surface area contributed by atoms with Crippen molar-refractivity contribution < 1.29 is 13.2 Å². The van der Waals surface area contributed by atoms with E-state index in [1.54, 1.807) is 6.07 Å². The Hall–Kier alpha value is -0.430. The fourth-order valence-electron chi connectivity index (χ4n) is 3.37. The average molecular weight is 543 g/mol. The van der Waals surface area contributed by atoms with Crippen molar-refractivity contribution in [3.05, 3.63) is 17.0 Å². The van der Waals surface area contributed by atoms with Gasteiger partial charge in [-0.1, -0.05) is 13.8 Å². The maximum absolute atomic E-state index is 12.7. The van der Waals surface area contributed by atoms with Crippen LogP contribution in [0.25, 0.3) is 0 Å². The second kappa shape index (κ2) is 10.1. The molecule has 0 atom stereocenters. The van der Waals surface area contributed by atoms with Crippen LogP contribution < -0.4 is 5.32 Å². The molecule has 28 heavy (non-hydrogen) atoms. The van der Waals surface area contributed by atoms with Crippen LogP contribution in [0.1, 0.15) is 32.1 Å². The van der Waals surface area contributed by atoms with Crippen molar-refractivity contribution in [2.45, 2.75) is 37.9 Å². The fourth-order valence-corrected chi connectivity index (χ4v) is 6.21. The average Bonchev–Trinajstić information content (AvgIpc) is 3.26. The van der Waals surface area contributed by atoms with Gasteiger partial charge in [-0.2, -0.15) is 4.31 Å². The summed E-state index contributed by atoms with van der Waals surface area (Å²) in [6, 6.07) is 3.57. The van der Waals surface area contributed by atoms with Crippen molar-refractivity contribution in [3.63, 3.8) is 0 Å². The van der Waals surface area contributed by atoms with E-state index >= 15 is 0 Å². The first-order valence-electron chi connectivity index (χ1n) is 9.52. The molecule has 7 nitrogen and oxygen atoms in total. The Morgan fingerprint density at radius 2 is 2.00 bits per heavy atom. The van der Waals surface area contributed by atoms with E-state index in [1.807, 2.05) is 6.07 Å². The number of hydrogen-bond acceptors (Lipinski definition) is 5. The molecular weight excluding hydrogens is 511 g/mol. The number of aliphatic imine (C=N–C) groups is 1. The van der Waals surface area contributed by atoms with Gasteiger partial charge < -0.3 is 15.0 Å². The van der Waals surface area contributed by atoms with Crippen LogP contribution >= 0.6 is 35.3 Å². The van der Waals surface area contributed by atoms with Crippen LogP contribution in [0, 0.1) is 5.41 Å². The van der Waals surface area contributed by atoms with Gasteiger partial charge in [0.2, 0.25) is 0 Å². The van der Waals surface area contributed by atoms with Gasteiger partial charge in [0.25, 0.3) is 10.0 Å². The second-order valence-electron chi connectivity index (χ2n) is 7.74. The van der Waals surface area contributed by atoms with Crippen molar-refractivity contribution in [1.29, 1.82) is 0 Å². The predicted molar refractivity (Wildman–Crippen MR) is 124 cm³/mol. The monoisotopic (exact) mass is 542 g/mol. The van der Waals surface area contributed by atoms with Gasteiger partial charge in [-0.05, 0) is 30.9 Å². The molecule has 1 aromatic heterocycles. The molecule has 2 fully saturated rings. The van der Waals surface area contributed by atoms with Crippen molar-refractivity contribution in [2.75, 3.05) is 45.9 Å². The van der Waals surface area contributed by atoms with E-state index in [4.69, 9.17) is 9.73 Å². The van der Waals surface area contributed by atoms with Gasteiger partial charge in [-0.15, -0.1) is 35.3 Å². The number of morpholine rings is 1. The predicted octanol–water partition coefficient (Wildman–Crippen LogP) is 2.58. The maximum atomic E-state index is 12.7. The first-order chi connectivity index (χ1) is 12.8. The zero-order valence-electron chi connectivity index (χ0n) is 16.8. The molecule has 2 saturated heterocycles. The van der Waals surface area contributed by atoms with Crippen molar-refractivity contribution >= 4 is 51.3 Å². The first kappa shape index (κ1) is 23.8. The minimum atomic E-state index is -3.42. The van der Waals surface area contributed by atoms with E-state index in [9.17, 15) is 8.42 Å². The van der Waals surface area contributed by atoms with Crippen LogP contribution in [0.5, 0.6) is 0 Å². The number of likely N-dealkylation sites (tertiary alicyclic amines) is 1. The fraction of sp³-hybridized carbons (Fsp3) is 0.722. The Kier molecular flexibility index (Phi) is 8.56. The third-order valence-corrected chi connectivity index (χ3v) is 8.33. The number of sulfonamides is 1. The lowest BCUT2D eigenvalue weighted by Gasteiger charge is -2.25. The molecule has 0 aliphatic carbocycles. The lowest BCUT2D eigenvalue weighted by Crippen LogP contribution is -2.40. The Morgan fingerprint density at radius 1 is 1.29 bits per heavy atom. The third-order valence-electron chi connectivity index (χ3n) is 4.90. The van der Waals surface area contributed by atoms with Crippen LogP contribution in [-0.2, 0) is 21.3 Å². The maximum Gasteiger partial charge on any atom is 0.252 e. The molecule has 3 rings (SSSR count). The van der Waals surface area contributed by atoms with E-state index in [1.165, 1.54) is 15.6 Å². The summed E-state index contributed by atoms with van der Waals surface area (Å²) in [6.07, 6.45) is 1.15. The molecule has 0 spiro atoms. The molecule has 3 heterocycles. The molecule has 0 saturated carbocycles. The number of hydrogen-bond donors (Lipinski definition) is 1. The molecule has 2 aliphatic heterocycles. The smallest absolute Gasteiger partial charge is 0.252 e. The second-order valence-corrected chi connectivity index (χ2v) is 11.1. The van der Waals surface area contributed by atoms with E-state index in [0.29, 0.717) is 42.5 Å². The molecule has 10 heteroatoms. The highest BCUT2D eigenvalue weighted by molar-refractivity contribution is 14.0. The summed E-state index contributed by atoms with van der Waals surface area (Å²) in [4.78, 5) is 8.00. The van der Waals surface area contributed by atoms with Gasteiger partial charge in [-0.3, -0.25) is 0 Å². The van der Waals surface area contributed by atoms with Crippen LogP contribution in [0.15, 0.2) is 21.3 Å². The number of ether oxygens (including phenoxy) is 1. The Balaban J connectivity index is 0.00000280. The summed E-state index contributed by atoms with van der Waals surface area (Å²) < 4.78 is 32.6. The number of guanidine groups is 1. The molecule has 0 unspecified atom stereocenters. The van der Waals surface area contributed by atoms with Gasteiger partial charge in [0.1, 0.15) is 4.21 Å². The minimum Gasteiger partial charge on any atom is -0.379 e. The van der Waals surface area contributed by atoms with Crippen LogP contribution in [0.2, 0.25) is 0 Å². The molecule has 2 aliphatic rings. The highest BCUT2D eigenvalue weighted by atomic mass is 127. The molecule has 0 aromatic carbocycles. The Bertz CT molecular complexity index is 774. The molecule has 0 bridgehead atoms. The largest absolute Gasteiger partial charge is 0.379 e. The summed E-state index contributed by atoms with van der Waals surface area (Å²) in [5, 5.41) is 3.36. The molecule has 1 N–H and O–H groups in total. The van der Waals surface area contributed by atoms with Crippen LogP contribution in [-0.4, -0.2) is 69.5 Å². The van der Waals surface area contributed by atoms with Crippen molar-refractivity contribution in [2.24, 2.45) is 10.4 Å². The highest BCUT2D eigenvalue weighted by Gasteiger charge is 2.31. The van der Waals surface area contributed by atoms with Gasteiger partial charge in [0.15, 0.2) is 5.96 Å². The summed E-state index contributed by atoms with van der Waals surface area (Å²) in [5.41, 5.74) is 0.304. The minimum absolute atomic E-state index is 0. The van der Waals surface area contributed by atoms with Crippen LogP contribution in [0.4, 0.5) is 0 Å². The van der Waals surface area contributed by atoms with Gasteiger partial charge in [-0.25, -0.2) is 13.4 Å². The topological polar surface area (TPSA) is 74.2 Å². The molecule has 1 aromatic rings. The van der Waals surface area contributed by atoms with Gasteiger partial charge >= 0.3 is 0 Å². The third kappa shape index (κ3) is 5.80. The zero-order valence-corrected chi connectivity index (χ0v) is 20.8. The zero-order chi connectivity index (χ0) is 19.5.